The van der Waals surface area contributed by atoms with Crippen molar-refractivity contribution in [1.82, 2.24) is 9.88 Å². The smallest absolute Gasteiger partial charge is 0.226 e. The van der Waals surface area contributed by atoms with Crippen LogP contribution in [0.2, 0.25) is 0 Å². The Kier molecular flexibility index (Phi) is 5.60. The first kappa shape index (κ1) is 24.1. The fourth-order valence-corrected chi connectivity index (χ4v) is 9.81. The second-order valence-corrected chi connectivity index (χ2v) is 13.3. The van der Waals surface area contributed by atoms with Crippen LogP contribution < -0.4 is 5.32 Å². The average Bonchev–Trinajstić information content (AvgIpc) is 3.36. The summed E-state index contributed by atoms with van der Waals surface area (Å²) in [4.78, 5) is 32.0. The van der Waals surface area contributed by atoms with Gasteiger partial charge in [0.15, 0.2) is 5.13 Å². The summed E-state index contributed by atoms with van der Waals surface area (Å²) in [6.45, 7) is 7.10. The quantitative estimate of drug-likeness (QED) is 0.497. The number of fused-ring (bicyclic) bond motifs is 6. The standard InChI is InChI=1S/C29H36FN3O2S/c1-16-13-19-20-7-5-17(14-24(34)32-27-31-22-8-6-18(30)15-23(22)36-27)28(20,2)11-9-21(19)29(3)12-10-25(35)33(4)26(16)29/h6,8,15,17,19-21H,5,7,9-14H2,1-4H3,(H,31,32,34)/t17?,19-,20-,21-,28+,29+/m0/s1. The van der Waals surface area contributed by atoms with Crippen LogP contribution in [0, 0.1) is 40.3 Å². The third kappa shape index (κ3) is 3.56. The number of thiazole rings is 1. The first-order chi connectivity index (χ1) is 17.1. The highest BCUT2D eigenvalue weighted by molar-refractivity contribution is 7.22. The zero-order valence-corrected chi connectivity index (χ0v) is 22.5. The van der Waals surface area contributed by atoms with Gasteiger partial charge in [0.1, 0.15) is 5.82 Å². The number of piperidine rings is 1. The van der Waals surface area contributed by atoms with Gasteiger partial charge in [-0.25, -0.2) is 9.37 Å². The number of allylic oxidation sites excluding steroid dienone is 2. The highest BCUT2D eigenvalue weighted by atomic mass is 32.1. The minimum atomic E-state index is -0.287. The molecular formula is C29H36FN3O2S. The lowest BCUT2D eigenvalue weighted by Gasteiger charge is -2.59. The predicted molar refractivity (Wildman–Crippen MR) is 141 cm³/mol. The number of rotatable bonds is 3. The summed E-state index contributed by atoms with van der Waals surface area (Å²) >= 11 is 1.33. The maximum atomic E-state index is 13.5. The molecule has 0 bridgehead atoms. The van der Waals surface area contributed by atoms with Gasteiger partial charge in [-0.2, -0.15) is 0 Å². The molecule has 2 amide bonds. The second kappa shape index (κ2) is 8.37. The number of nitrogens with zero attached hydrogens (tertiary/aromatic N) is 2. The molecule has 2 saturated carbocycles. The summed E-state index contributed by atoms with van der Waals surface area (Å²) in [6.07, 6.45) is 7.81. The number of hydrogen-bond acceptors (Lipinski definition) is 4. The Morgan fingerprint density at radius 3 is 2.83 bits per heavy atom. The molecule has 7 heteroatoms. The summed E-state index contributed by atoms with van der Waals surface area (Å²) in [7, 11) is 1.97. The molecule has 3 aliphatic carbocycles. The van der Waals surface area contributed by atoms with Crippen molar-refractivity contribution in [3.63, 3.8) is 0 Å². The number of aromatic nitrogens is 1. The van der Waals surface area contributed by atoms with Crippen LogP contribution in [0.5, 0.6) is 0 Å². The molecule has 1 aromatic carbocycles. The van der Waals surface area contributed by atoms with Gasteiger partial charge in [0.2, 0.25) is 11.8 Å². The van der Waals surface area contributed by atoms with Crippen LogP contribution in [0.3, 0.4) is 0 Å². The Morgan fingerprint density at radius 2 is 2.03 bits per heavy atom. The van der Waals surface area contributed by atoms with Gasteiger partial charge in [0.25, 0.3) is 0 Å². The van der Waals surface area contributed by atoms with Crippen LogP contribution in [-0.4, -0.2) is 28.7 Å². The molecule has 1 saturated heterocycles. The van der Waals surface area contributed by atoms with E-state index in [1.54, 1.807) is 6.07 Å². The Bertz CT molecular complexity index is 1290. The summed E-state index contributed by atoms with van der Waals surface area (Å²) in [5.74, 6) is 2.22. The monoisotopic (exact) mass is 509 g/mol. The van der Waals surface area contributed by atoms with Crippen LogP contribution in [0.25, 0.3) is 10.2 Å². The van der Waals surface area contributed by atoms with Gasteiger partial charge in [-0.05, 0) is 92.7 Å². The highest BCUT2D eigenvalue weighted by Crippen LogP contribution is 2.67. The molecule has 36 heavy (non-hydrogen) atoms. The molecule has 5 nitrogen and oxygen atoms in total. The van der Waals surface area contributed by atoms with Crippen molar-refractivity contribution < 1.29 is 14.0 Å². The highest BCUT2D eigenvalue weighted by Gasteiger charge is 2.60. The van der Waals surface area contributed by atoms with E-state index in [4.69, 9.17) is 0 Å². The van der Waals surface area contributed by atoms with Crippen LogP contribution >= 0.6 is 11.3 Å². The number of carbonyl (C=O) groups excluding carboxylic acids is 2. The third-order valence-corrected chi connectivity index (χ3v) is 11.5. The largest absolute Gasteiger partial charge is 0.319 e. The summed E-state index contributed by atoms with van der Waals surface area (Å²) in [5, 5.41) is 3.56. The number of benzene rings is 1. The zero-order chi connectivity index (χ0) is 25.4. The van der Waals surface area contributed by atoms with E-state index < -0.39 is 0 Å². The lowest BCUT2D eigenvalue weighted by atomic mass is 9.48. The second-order valence-electron chi connectivity index (χ2n) is 12.3. The predicted octanol–water partition coefficient (Wildman–Crippen LogP) is 6.76. The van der Waals surface area contributed by atoms with Gasteiger partial charge >= 0.3 is 0 Å². The van der Waals surface area contributed by atoms with Crippen molar-refractivity contribution in [1.29, 1.82) is 0 Å². The molecule has 0 spiro atoms. The molecule has 4 aliphatic rings. The number of halogens is 1. The van der Waals surface area contributed by atoms with Crippen LogP contribution in [0.4, 0.5) is 9.52 Å². The van der Waals surface area contributed by atoms with Gasteiger partial charge < -0.3 is 10.2 Å². The lowest BCUT2D eigenvalue weighted by Crippen LogP contribution is -2.54. The van der Waals surface area contributed by atoms with Crippen molar-refractivity contribution in [3.05, 3.63) is 35.3 Å². The van der Waals surface area contributed by atoms with E-state index in [0.29, 0.717) is 47.2 Å². The Balaban J connectivity index is 1.20. The third-order valence-electron chi connectivity index (χ3n) is 10.5. The molecule has 6 atom stereocenters. The molecule has 1 N–H and O–H groups in total. The number of carbonyl (C=O) groups is 2. The van der Waals surface area contributed by atoms with Crippen LogP contribution in [-0.2, 0) is 9.59 Å². The van der Waals surface area contributed by atoms with E-state index in [0.717, 1.165) is 30.4 Å². The van der Waals surface area contributed by atoms with Crippen molar-refractivity contribution in [3.8, 4) is 0 Å². The summed E-state index contributed by atoms with van der Waals surface area (Å²) < 4.78 is 14.3. The molecule has 2 aromatic rings. The number of hydrogen-bond donors (Lipinski definition) is 1. The molecule has 1 unspecified atom stereocenters. The number of amides is 2. The van der Waals surface area contributed by atoms with E-state index in [-0.39, 0.29) is 28.5 Å². The van der Waals surface area contributed by atoms with E-state index in [9.17, 15) is 14.0 Å². The fraction of sp³-hybridized carbons (Fsp3) is 0.621. The minimum absolute atomic E-state index is 0.0184. The van der Waals surface area contributed by atoms with Crippen LogP contribution in [0.15, 0.2) is 29.5 Å². The molecule has 1 aromatic heterocycles. The average molecular weight is 510 g/mol. The first-order valence-corrected chi connectivity index (χ1v) is 14.2. The topological polar surface area (TPSA) is 62.3 Å². The van der Waals surface area contributed by atoms with Crippen molar-refractivity contribution in [2.24, 2.45) is 34.5 Å². The Hall–Kier alpha value is -2.28. The number of anilines is 1. The molecule has 2 heterocycles. The summed E-state index contributed by atoms with van der Waals surface area (Å²) in [6, 6.07) is 4.53. The lowest BCUT2D eigenvalue weighted by molar-refractivity contribution is -0.136. The Labute approximate surface area is 216 Å². The van der Waals surface area contributed by atoms with E-state index in [1.165, 1.54) is 47.6 Å². The molecular weight excluding hydrogens is 473 g/mol. The Morgan fingerprint density at radius 1 is 1.22 bits per heavy atom. The normalized spacial score (nSPS) is 36.0. The summed E-state index contributed by atoms with van der Waals surface area (Å²) in [5.41, 5.74) is 3.66. The number of likely N-dealkylation sites (tertiary alicyclic amines) is 1. The van der Waals surface area contributed by atoms with Crippen molar-refractivity contribution in [2.75, 3.05) is 12.4 Å². The van der Waals surface area contributed by atoms with Crippen LogP contribution in [0.1, 0.15) is 72.1 Å². The van der Waals surface area contributed by atoms with E-state index in [1.807, 2.05) is 11.9 Å². The minimum Gasteiger partial charge on any atom is -0.319 e. The van der Waals surface area contributed by atoms with E-state index in [2.05, 4.69) is 31.1 Å². The van der Waals surface area contributed by atoms with Gasteiger partial charge in [-0.15, -0.1) is 0 Å². The molecule has 6 rings (SSSR count). The van der Waals surface area contributed by atoms with Gasteiger partial charge in [-0.1, -0.05) is 30.8 Å². The first-order valence-electron chi connectivity index (χ1n) is 13.4. The SMILES string of the molecule is CC1=C2N(C)C(=O)CC[C@]2(C)[C@H]2CC[C@]3(C)C(CC(=O)Nc4nc5ccc(F)cc5s4)CC[C@H]3[C@@H]2C1. The zero-order valence-electron chi connectivity index (χ0n) is 21.7. The number of nitrogens with one attached hydrogen (secondary N) is 1. The molecule has 3 fully saturated rings. The van der Waals surface area contributed by atoms with Crippen molar-refractivity contribution in [2.45, 2.75) is 72.1 Å². The fourth-order valence-electron chi connectivity index (χ4n) is 8.90. The maximum absolute atomic E-state index is 13.5. The van der Waals surface area contributed by atoms with Gasteiger partial charge in [-0.3, -0.25) is 9.59 Å². The molecule has 192 valence electrons. The maximum Gasteiger partial charge on any atom is 0.226 e. The van der Waals surface area contributed by atoms with E-state index >= 15 is 0 Å². The van der Waals surface area contributed by atoms with Gasteiger partial charge in [0.05, 0.1) is 10.2 Å². The molecule has 0 radical (unpaired) electrons. The van der Waals surface area contributed by atoms with Crippen molar-refractivity contribution >= 4 is 38.5 Å². The molecule has 1 aliphatic heterocycles. The van der Waals surface area contributed by atoms with Gasteiger partial charge in [0, 0.05) is 31.0 Å².